The zero-order valence-corrected chi connectivity index (χ0v) is 5.53. The van der Waals surface area contributed by atoms with Crippen LogP contribution in [0.15, 0.2) is 9.75 Å². The second-order valence-corrected chi connectivity index (χ2v) is 2.50. The second kappa shape index (κ2) is 2.26. The van der Waals surface area contributed by atoms with Gasteiger partial charge in [0, 0.05) is 0 Å². The van der Waals surface area contributed by atoms with Gasteiger partial charge in [0.05, 0.1) is 17.3 Å². The van der Waals surface area contributed by atoms with Gasteiger partial charge >= 0.3 is 0 Å². The summed E-state index contributed by atoms with van der Waals surface area (Å²) in [6.45, 7) is 5.79. The van der Waals surface area contributed by atoms with E-state index in [1.807, 2.05) is 20.8 Å². The van der Waals surface area contributed by atoms with Crippen molar-refractivity contribution in [1.82, 2.24) is 0 Å². The number of rotatable bonds is 0. The molecule has 0 N–H and O–H groups in total. The Bertz CT molecular complexity index is 72.2. The van der Waals surface area contributed by atoms with Crippen LogP contribution in [0.4, 0.5) is 0 Å². The molecular weight excluding hydrogens is 112 g/mol. The first kappa shape index (κ1) is 6.89. The van der Waals surface area contributed by atoms with Crippen molar-refractivity contribution in [3.63, 3.8) is 0 Å². The Balaban J connectivity index is 3.56. The molecule has 0 heterocycles. The fourth-order valence-corrected chi connectivity index (χ4v) is 0.340. The maximum atomic E-state index is 4.94. The van der Waals surface area contributed by atoms with Crippen molar-refractivity contribution in [3.05, 3.63) is 0 Å². The molecular formula is C4H9ClN2. The first-order chi connectivity index (χ1) is 3.06. The van der Waals surface area contributed by atoms with E-state index in [1.54, 1.807) is 0 Å². The van der Waals surface area contributed by atoms with Crippen molar-refractivity contribution in [1.29, 1.82) is 0 Å². The fraction of sp³-hybridized carbons (Fsp3) is 1.00. The molecule has 0 aliphatic heterocycles. The van der Waals surface area contributed by atoms with Crippen LogP contribution in [-0.4, -0.2) is 5.54 Å². The molecule has 0 amide bonds. The summed E-state index contributed by atoms with van der Waals surface area (Å²) < 4.78 is 3.10. The van der Waals surface area contributed by atoms with Gasteiger partial charge in [-0.2, -0.15) is 5.11 Å². The van der Waals surface area contributed by atoms with Crippen LogP contribution < -0.4 is 0 Å². The zero-order chi connectivity index (χ0) is 5.91. The molecule has 42 valence electrons. The van der Waals surface area contributed by atoms with Gasteiger partial charge in [-0.05, 0) is 20.8 Å². The molecule has 0 aromatic heterocycles. The Hall–Kier alpha value is -0.110. The number of hydrogen-bond acceptors (Lipinski definition) is 2. The highest BCUT2D eigenvalue weighted by molar-refractivity contribution is 6.13. The summed E-state index contributed by atoms with van der Waals surface area (Å²) in [4.78, 5) is 0. The van der Waals surface area contributed by atoms with Gasteiger partial charge in [0.15, 0.2) is 0 Å². The van der Waals surface area contributed by atoms with E-state index in [0.29, 0.717) is 0 Å². The predicted octanol–water partition coefficient (Wildman–Crippen LogP) is 2.39. The lowest BCUT2D eigenvalue weighted by atomic mass is 10.1. The lowest BCUT2D eigenvalue weighted by Gasteiger charge is -2.05. The highest BCUT2D eigenvalue weighted by Gasteiger charge is 2.04. The van der Waals surface area contributed by atoms with E-state index in [2.05, 4.69) is 9.75 Å². The fourth-order valence-electron chi connectivity index (χ4n) is 0.113. The van der Waals surface area contributed by atoms with E-state index in [4.69, 9.17) is 11.8 Å². The topological polar surface area (TPSA) is 24.7 Å². The molecule has 3 heteroatoms. The van der Waals surface area contributed by atoms with Crippen LogP contribution in [0.3, 0.4) is 0 Å². The largest absolute Gasteiger partial charge is 0.170 e. The predicted molar refractivity (Wildman–Crippen MR) is 30.5 cm³/mol. The first-order valence-corrected chi connectivity index (χ1v) is 2.43. The van der Waals surface area contributed by atoms with E-state index < -0.39 is 0 Å². The van der Waals surface area contributed by atoms with E-state index in [9.17, 15) is 0 Å². The van der Waals surface area contributed by atoms with Gasteiger partial charge in [0.25, 0.3) is 0 Å². The molecule has 2 nitrogen and oxygen atoms in total. The van der Waals surface area contributed by atoms with Gasteiger partial charge in [-0.3, -0.25) is 0 Å². The molecule has 0 aromatic carbocycles. The molecule has 0 saturated carbocycles. The lowest BCUT2D eigenvalue weighted by Crippen LogP contribution is -2.06. The summed E-state index contributed by atoms with van der Waals surface area (Å²) in [5.74, 6) is 0. The summed E-state index contributed by atoms with van der Waals surface area (Å²) in [5, 5.41) is 3.65. The molecule has 0 aliphatic rings. The third-order valence-corrected chi connectivity index (χ3v) is 0.413. The summed E-state index contributed by atoms with van der Waals surface area (Å²) in [6, 6.07) is 0. The minimum atomic E-state index is -0.123. The SMILES string of the molecule is CC(C)(C)/N=N/Cl. The van der Waals surface area contributed by atoms with Gasteiger partial charge < -0.3 is 0 Å². The van der Waals surface area contributed by atoms with Crippen LogP contribution in [0.2, 0.25) is 0 Å². The van der Waals surface area contributed by atoms with E-state index in [-0.39, 0.29) is 5.54 Å². The van der Waals surface area contributed by atoms with E-state index in [1.165, 1.54) is 0 Å². The minimum absolute atomic E-state index is 0.123. The molecule has 0 aromatic rings. The molecule has 0 saturated heterocycles. The smallest absolute Gasteiger partial charge is 0.0747 e. The van der Waals surface area contributed by atoms with Crippen molar-refractivity contribution in [3.8, 4) is 0 Å². The standard InChI is InChI=1S/C4H9ClN2/c1-4(2,3)6-7-5/h1-3H3/b7-6+. The minimum Gasteiger partial charge on any atom is -0.170 e. The van der Waals surface area contributed by atoms with E-state index in [0.717, 1.165) is 0 Å². The maximum Gasteiger partial charge on any atom is 0.0747 e. The van der Waals surface area contributed by atoms with E-state index >= 15 is 0 Å². The van der Waals surface area contributed by atoms with Crippen LogP contribution in [0.5, 0.6) is 0 Å². The van der Waals surface area contributed by atoms with Gasteiger partial charge in [-0.15, -0.1) is 0 Å². The Kier molecular flexibility index (Phi) is 2.23. The summed E-state index contributed by atoms with van der Waals surface area (Å²) in [6.07, 6.45) is 0. The van der Waals surface area contributed by atoms with Crippen LogP contribution >= 0.6 is 11.8 Å². The third kappa shape index (κ3) is 5.89. The normalized spacial score (nSPS) is 13.1. The van der Waals surface area contributed by atoms with Crippen LogP contribution in [0, 0.1) is 0 Å². The summed E-state index contributed by atoms with van der Waals surface area (Å²) >= 11 is 4.94. The van der Waals surface area contributed by atoms with Crippen molar-refractivity contribution in [2.24, 2.45) is 9.75 Å². The van der Waals surface area contributed by atoms with Gasteiger partial charge in [0.2, 0.25) is 0 Å². The van der Waals surface area contributed by atoms with Crippen LogP contribution in [-0.2, 0) is 0 Å². The summed E-state index contributed by atoms with van der Waals surface area (Å²) in [7, 11) is 0. The van der Waals surface area contributed by atoms with Crippen molar-refractivity contribution in [2.45, 2.75) is 26.3 Å². The number of nitrogens with zero attached hydrogens (tertiary/aromatic N) is 2. The molecule has 0 fully saturated rings. The molecule has 0 rings (SSSR count). The monoisotopic (exact) mass is 120 g/mol. The molecule has 0 spiro atoms. The number of hydrogen-bond donors (Lipinski definition) is 0. The Labute approximate surface area is 48.7 Å². The molecule has 0 radical (unpaired) electrons. The van der Waals surface area contributed by atoms with Crippen molar-refractivity contribution < 1.29 is 0 Å². The lowest BCUT2D eigenvalue weighted by molar-refractivity contribution is 0.557. The second-order valence-electron chi connectivity index (χ2n) is 2.35. The maximum absolute atomic E-state index is 4.94. The van der Waals surface area contributed by atoms with Gasteiger partial charge in [0.1, 0.15) is 0 Å². The van der Waals surface area contributed by atoms with Crippen molar-refractivity contribution in [2.75, 3.05) is 0 Å². The highest BCUT2D eigenvalue weighted by Crippen LogP contribution is 2.06. The molecule has 0 atom stereocenters. The molecule has 0 bridgehead atoms. The molecule has 7 heavy (non-hydrogen) atoms. The molecule has 0 aliphatic carbocycles. The Morgan fingerprint density at radius 2 is 1.71 bits per heavy atom. The highest BCUT2D eigenvalue weighted by atomic mass is 35.5. The quantitative estimate of drug-likeness (QED) is 0.439. The van der Waals surface area contributed by atoms with Crippen molar-refractivity contribution >= 4 is 11.8 Å². The number of halogens is 1. The first-order valence-electron chi connectivity index (χ1n) is 2.09. The third-order valence-electron chi connectivity index (χ3n) is 0.338. The average molecular weight is 121 g/mol. The zero-order valence-electron chi connectivity index (χ0n) is 4.77. The van der Waals surface area contributed by atoms with Crippen LogP contribution in [0.1, 0.15) is 20.8 Å². The summed E-state index contributed by atoms with van der Waals surface area (Å²) in [5.41, 5.74) is -0.123. The van der Waals surface area contributed by atoms with Crippen LogP contribution in [0.25, 0.3) is 0 Å². The Morgan fingerprint density at radius 3 is 1.71 bits per heavy atom. The molecule has 0 unspecified atom stereocenters. The van der Waals surface area contributed by atoms with Gasteiger partial charge in [-0.25, -0.2) is 0 Å². The van der Waals surface area contributed by atoms with Gasteiger partial charge in [-0.1, -0.05) is 4.63 Å². The average Bonchev–Trinajstić information content (AvgIpc) is 1.30. The Morgan fingerprint density at radius 1 is 1.29 bits per heavy atom.